The molecular formula is C18H24IN3O. The van der Waals surface area contributed by atoms with Crippen molar-refractivity contribution in [3.8, 4) is 5.75 Å². The largest absolute Gasteiger partial charge is 0.491 e. The van der Waals surface area contributed by atoms with Crippen molar-refractivity contribution < 1.29 is 4.74 Å². The molecule has 0 atom stereocenters. The number of ether oxygens (including phenoxy) is 1. The summed E-state index contributed by atoms with van der Waals surface area (Å²) in [5.74, 6) is 1.82. The topological polar surface area (TPSA) is 45.7 Å². The molecule has 2 N–H and O–H groups in total. The number of rotatable bonds is 6. The average Bonchev–Trinajstić information content (AvgIpc) is 3.36. The molecule has 4 nitrogen and oxygen atoms in total. The van der Waals surface area contributed by atoms with Crippen molar-refractivity contribution in [3.05, 3.63) is 42.5 Å². The summed E-state index contributed by atoms with van der Waals surface area (Å²) in [6.45, 7) is 4.18. The van der Waals surface area contributed by atoms with Crippen LogP contribution in [0.3, 0.4) is 0 Å². The van der Waals surface area contributed by atoms with Gasteiger partial charge in [-0.15, -0.1) is 24.0 Å². The van der Waals surface area contributed by atoms with Crippen LogP contribution in [0.25, 0.3) is 10.8 Å². The maximum atomic E-state index is 5.91. The standard InChI is InChI=1S/C18H23N3O.HI/c1-2-19-18(21-15-10-11-15)20-12-13-22-17-9-5-7-14-6-3-4-8-16(14)17;/h3-9,15H,2,10-13H2,1H3,(H2,19,20,21);1H. The van der Waals surface area contributed by atoms with Gasteiger partial charge in [-0.3, -0.25) is 0 Å². The summed E-state index contributed by atoms with van der Waals surface area (Å²) in [6, 6.07) is 15.0. The molecule has 5 heteroatoms. The molecular weight excluding hydrogens is 401 g/mol. The summed E-state index contributed by atoms with van der Waals surface area (Å²) in [4.78, 5) is 4.56. The van der Waals surface area contributed by atoms with Crippen molar-refractivity contribution in [2.24, 2.45) is 4.99 Å². The van der Waals surface area contributed by atoms with Gasteiger partial charge in [-0.05, 0) is 31.2 Å². The third kappa shape index (κ3) is 5.27. The second-order valence-corrected chi connectivity index (χ2v) is 5.51. The molecule has 1 aliphatic carbocycles. The quantitative estimate of drug-likeness (QED) is 0.322. The van der Waals surface area contributed by atoms with Crippen LogP contribution in [0, 0.1) is 0 Å². The van der Waals surface area contributed by atoms with Gasteiger partial charge in [0.1, 0.15) is 12.4 Å². The minimum atomic E-state index is 0. The lowest BCUT2D eigenvalue weighted by molar-refractivity contribution is 0.332. The maximum Gasteiger partial charge on any atom is 0.191 e. The molecule has 0 saturated heterocycles. The molecule has 1 fully saturated rings. The van der Waals surface area contributed by atoms with Gasteiger partial charge in [0, 0.05) is 18.0 Å². The molecule has 0 heterocycles. The Bertz CT molecular complexity index is 650. The van der Waals surface area contributed by atoms with Gasteiger partial charge in [0.05, 0.1) is 6.54 Å². The lowest BCUT2D eigenvalue weighted by Crippen LogP contribution is -2.38. The summed E-state index contributed by atoms with van der Waals surface area (Å²) in [6.07, 6.45) is 2.49. The molecule has 3 rings (SSSR count). The van der Waals surface area contributed by atoms with Gasteiger partial charge >= 0.3 is 0 Å². The minimum absolute atomic E-state index is 0. The van der Waals surface area contributed by atoms with Crippen LogP contribution in [0.15, 0.2) is 47.5 Å². The van der Waals surface area contributed by atoms with Crippen LogP contribution < -0.4 is 15.4 Å². The van der Waals surface area contributed by atoms with E-state index in [1.807, 2.05) is 24.3 Å². The Kier molecular flexibility index (Phi) is 6.95. The molecule has 0 amide bonds. The Morgan fingerprint density at radius 2 is 1.96 bits per heavy atom. The first-order chi connectivity index (χ1) is 10.9. The molecule has 0 bridgehead atoms. The maximum absolute atomic E-state index is 5.91. The number of halogens is 1. The molecule has 0 aromatic heterocycles. The second kappa shape index (κ2) is 8.96. The van der Waals surface area contributed by atoms with Crippen molar-refractivity contribution in [1.29, 1.82) is 0 Å². The van der Waals surface area contributed by atoms with Gasteiger partial charge < -0.3 is 15.4 Å². The number of guanidine groups is 1. The number of benzene rings is 2. The highest BCUT2D eigenvalue weighted by Gasteiger charge is 2.21. The molecule has 0 unspecified atom stereocenters. The lowest BCUT2D eigenvalue weighted by atomic mass is 10.1. The molecule has 124 valence electrons. The first kappa shape index (κ1) is 17.8. The van der Waals surface area contributed by atoms with Crippen molar-refractivity contribution >= 4 is 40.7 Å². The highest BCUT2D eigenvalue weighted by molar-refractivity contribution is 14.0. The SMILES string of the molecule is CCNC(=NCCOc1cccc2ccccc12)NC1CC1.I. The van der Waals surface area contributed by atoms with Crippen LogP contribution in [-0.4, -0.2) is 31.7 Å². The van der Waals surface area contributed by atoms with E-state index in [0.29, 0.717) is 19.2 Å². The fourth-order valence-electron chi connectivity index (χ4n) is 2.38. The number of aliphatic imine (C=N–C) groups is 1. The van der Waals surface area contributed by atoms with E-state index >= 15 is 0 Å². The van der Waals surface area contributed by atoms with Crippen LogP contribution in [0.1, 0.15) is 19.8 Å². The Morgan fingerprint density at radius 3 is 2.74 bits per heavy atom. The van der Waals surface area contributed by atoms with Crippen LogP contribution in [0.2, 0.25) is 0 Å². The van der Waals surface area contributed by atoms with E-state index in [4.69, 9.17) is 4.74 Å². The molecule has 2 aromatic carbocycles. The summed E-state index contributed by atoms with van der Waals surface area (Å²) < 4.78 is 5.91. The summed E-state index contributed by atoms with van der Waals surface area (Å²) in [5.41, 5.74) is 0. The lowest BCUT2D eigenvalue weighted by Gasteiger charge is -2.11. The van der Waals surface area contributed by atoms with E-state index in [9.17, 15) is 0 Å². The number of hydrogen-bond acceptors (Lipinski definition) is 2. The first-order valence-corrected chi connectivity index (χ1v) is 8.02. The zero-order chi connectivity index (χ0) is 15.2. The fourth-order valence-corrected chi connectivity index (χ4v) is 2.38. The smallest absolute Gasteiger partial charge is 0.191 e. The molecule has 1 aliphatic rings. The number of nitrogens with zero attached hydrogens (tertiary/aromatic N) is 1. The predicted octanol–water partition coefficient (Wildman–Crippen LogP) is 3.55. The molecule has 0 aliphatic heterocycles. The van der Waals surface area contributed by atoms with E-state index in [1.165, 1.54) is 18.2 Å². The highest BCUT2D eigenvalue weighted by Crippen LogP contribution is 2.24. The molecule has 2 aromatic rings. The van der Waals surface area contributed by atoms with Crippen LogP contribution >= 0.6 is 24.0 Å². The van der Waals surface area contributed by atoms with E-state index in [-0.39, 0.29) is 24.0 Å². The van der Waals surface area contributed by atoms with E-state index in [1.54, 1.807) is 0 Å². The fraction of sp³-hybridized carbons (Fsp3) is 0.389. The molecule has 0 spiro atoms. The number of hydrogen-bond donors (Lipinski definition) is 2. The van der Waals surface area contributed by atoms with Crippen molar-refractivity contribution in [2.75, 3.05) is 19.7 Å². The van der Waals surface area contributed by atoms with Gasteiger partial charge in [0.15, 0.2) is 5.96 Å². The number of nitrogens with one attached hydrogen (secondary N) is 2. The first-order valence-electron chi connectivity index (χ1n) is 8.02. The zero-order valence-corrected chi connectivity index (χ0v) is 15.7. The van der Waals surface area contributed by atoms with Crippen LogP contribution in [-0.2, 0) is 0 Å². The molecule has 23 heavy (non-hydrogen) atoms. The molecule has 1 saturated carbocycles. The van der Waals surface area contributed by atoms with E-state index < -0.39 is 0 Å². The van der Waals surface area contributed by atoms with E-state index in [0.717, 1.165) is 23.6 Å². The van der Waals surface area contributed by atoms with Gasteiger partial charge in [-0.2, -0.15) is 0 Å². The Morgan fingerprint density at radius 1 is 1.17 bits per heavy atom. The molecule has 0 radical (unpaired) electrons. The predicted molar refractivity (Wildman–Crippen MR) is 107 cm³/mol. The average molecular weight is 425 g/mol. The summed E-state index contributed by atoms with van der Waals surface area (Å²) in [7, 11) is 0. The third-order valence-electron chi connectivity index (χ3n) is 3.63. The second-order valence-electron chi connectivity index (χ2n) is 5.51. The number of fused-ring (bicyclic) bond motifs is 1. The Balaban J connectivity index is 0.00000192. The van der Waals surface area contributed by atoms with Gasteiger partial charge in [-0.1, -0.05) is 36.4 Å². The monoisotopic (exact) mass is 425 g/mol. The Hall–Kier alpha value is -1.50. The normalized spacial score (nSPS) is 14.2. The van der Waals surface area contributed by atoms with Gasteiger partial charge in [0.2, 0.25) is 0 Å². The summed E-state index contributed by atoms with van der Waals surface area (Å²) in [5, 5.41) is 9.02. The minimum Gasteiger partial charge on any atom is -0.491 e. The third-order valence-corrected chi connectivity index (χ3v) is 3.63. The van der Waals surface area contributed by atoms with Crippen LogP contribution in [0.5, 0.6) is 5.75 Å². The van der Waals surface area contributed by atoms with Crippen molar-refractivity contribution in [3.63, 3.8) is 0 Å². The van der Waals surface area contributed by atoms with Crippen molar-refractivity contribution in [2.45, 2.75) is 25.8 Å². The van der Waals surface area contributed by atoms with Gasteiger partial charge in [0.25, 0.3) is 0 Å². The highest BCUT2D eigenvalue weighted by atomic mass is 127. The summed E-state index contributed by atoms with van der Waals surface area (Å²) >= 11 is 0. The zero-order valence-electron chi connectivity index (χ0n) is 13.4. The Labute approximate surface area is 154 Å². The van der Waals surface area contributed by atoms with Crippen molar-refractivity contribution in [1.82, 2.24) is 10.6 Å². The van der Waals surface area contributed by atoms with Crippen LogP contribution in [0.4, 0.5) is 0 Å². The van der Waals surface area contributed by atoms with Gasteiger partial charge in [-0.25, -0.2) is 4.99 Å². The van der Waals surface area contributed by atoms with E-state index in [2.05, 4.69) is 40.7 Å².